The molecule has 8 nitrogen and oxygen atoms in total. The number of anilines is 1. The highest BCUT2D eigenvalue weighted by molar-refractivity contribution is 5.41. The van der Waals surface area contributed by atoms with Crippen LogP contribution in [0.5, 0.6) is 5.75 Å². The second-order valence-electron chi connectivity index (χ2n) is 7.66. The Kier molecular flexibility index (Phi) is 7.25. The third-order valence-corrected chi connectivity index (χ3v) is 5.43. The van der Waals surface area contributed by atoms with E-state index in [4.69, 9.17) is 10.00 Å². The summed E-state index contributed by atoms with van der Waals surface area (Å²) in [4.78, 5) is 8.26. The van der Waals surface area contributed by atoms with Gasteiger partial charge in [0.15, 0.2) is 5.69 Å². The van der Waals surface area contributed by atoms with Crippen LogP contribution in [0.3, 0.4) is 0 Å². The summed E-state index contributed by atoms with van der Waals surface area (Å²) in [5.74, 6) is 1.50. The number of rotatable bonds is 9. The van der Waals surface area contributed by atoms with E-state index in [1.54, 1.807) is 13.3 Å². The predicted molar refractivity (Wildman–Crippen MR) is 123 cm³/mol. The summed E-state index contributed by atoms with van der Waals surface area (Å²) >= 11 is 0. The Balaban J connectivity index is 1.31. The molecule has 1 aliphatic heterocycles. The molecular formula is C24H27N7O. The monoisotopic (exact) mass is 429 g/mol. The Morgan fingerprint density at radius 3 is 2.72 bits per heavy atom. The van der Waals surface area contributed by atoms with Gasteiger partial charge in [-0.15, -0.1) is 0 Å². The zero-order valence-corrected chi connectivity index (χ0v) is 18.0. The van der Waals surface area contributed by atoms with Crippen molar-refractivity contribution in [2.75, 3.05) is 19.0 Å². The topological polar surface area (TPSA) is 107 Å². The minimum atomic E-state index is -0.0196. The van der Waals surface area contributed by atoms with Crippen molar-refractivity contribution < 1.29 is 4.74 Å². The Morgan fingerprint density at radius 1 is 1.09 bits per heavy atom. The fraction of sp³-hybridized carbons (Fsp3) is 0.292. The lowest BCUT2D eigenvalue weighted by atomic mass is 10.00. The van der Waals surface area contributed by atoms with E-state index in [2.05, 4.69) is 73.9 Å². The molecule has 2 unspecified atom stereocenters. The van der Waals surface area contributed by atoms with Gasteiger partial charge in [0, 0.05) is 18.5 Å². The molecule has 4 rings (SSSR count). The van der Waals surface area contributed by atoms with E-state index in [-0.39, 0.29) is 12.2 Å². The summed E-state index contributed by atoms with van der Waals surface area (Å²) in [7, 11) is 1.71. The van der Waals surface area contributed by atoms with E-state index in [1.807, 2.05) is 12.1 Å². The zero-order valence-electron chi connectivity index (χ0n) is 18.0. The Labute approximate surface area is 188 Å². The average Bonchev–Trinajstić information content (AvgIpc) is 3.31. The molecule has 32 heavy (non-hydrogen) atoms. The van der Waals surface area contributed by atoms with E-state index in [9.17, 15) is 0 Å². The van der Waals surface area contributed by atoms with Crippen LogP contribution >= 0.6 is 0 Å². The molecule has 2 aromatic carbocycles. The van der Waals surface area contributed by atoms with E-state index < -0.39 is 0 Å². The van der Waals surface area contributed by atoms with Gasteiger partial charge in [-0.1, -0.05) is 42.5 Å². The lowest BCUT2D eigenvalue weighted by Crippen LogP contribution is -2.36. The minimum absolute atomic E-state index is 0.0196. The molecule has 1 aromatic heterocycles. The summed E-state index contributed by atoms with van der Waals surface area (Å²) in [5, 5.41) is 15.6. The summed E-state index contributed by atoms with van der Waals surface area (Å²) in [5.41, 5.74) is 10.5. The van der Waals surface area contributed by atoms with Crippen molar-refractivity contribution in [2.45, 2.75) is 31.6 Å². The van der Waals surface area contributed by atoms with Crippen LogP contribution in [0.15, 0.2) is 60.9 Å². The molecular weight excluding hydrogens is 402 g/mol. The molecule has 4 N–H and O–H groups in total. The third kappa shape index (κ3) is 5.59. The second-order valence-corrected chi connectivity index (χ2v) is 7.66. The largest absolute Gasteiger partial charge is 0.496 e. The number of nitrogens with zero attached hydrogens (tertiary/aromatic N) is 3. The number of nitriles is 1. The normalized spacial score (nSPS) is 17.6. The van der Waals surface area contributed by atoms with E-state index in [0.717, 1.165) is 37.2 Å². The SMILES string of the molecule is COc1cc(CCNCc2ccccc2)ccc1C1CC(Nc2cnc(C#N)cn2)NN1. The third-order valence-electron chi connectivity index (χ3n) is 5.43. The fourth-order valence-electron chi connectivity index (χ4n) is 3.75. The molecule has 2 heterocycles. The van der Waals surface area contributed by atoms with Crippen molar-refractivity contribution in [2.24, 2.45) is 0 Å². The van der Waals surface area contributed by atoms with E-state index >= 15 is 0 Å². The maximum Gasteiger partial charge on any atom is 0.158 e. The van der Waals surface area contributed by atoms with E-state index in [0.29, 0.717) is 11.5 Å². The number of hydrogen-bond donors (Lipinski definition) is 4. The first-order valence-electron chi connectivity index (χ1n) is 10.7. The predicted octanol–water partition coefficient (Wildman–Crippen LogP) is 2.67. The molecule has 8 heteroatoms. The van der Waals surface area contributed by atoms with Crippen molar-refractivity contribution in [3.8, 4) is 11.8 Å². The molecule has 0 radical (unpaired) electrons. The first-order valence-corrected chi connectivity index (χ1v) is 10.7. The number of benzene rings is 2. The Morgan fingerprint density at radius 2 is 1.97 bits per heavy atom. The van der Waals surface area contributed by atoms with Gasteiger partial charge in [-0.05, 0) is 30.2 Å². The first kappa shape index (κ1) is 21.7. The fourth-order valence-corrected chi connectivity index (χ4v) is 3.75. The van der Waals surface area contributed by atoms with Gasteiger partial charge in [0.25, 0.3) is 0 Å². The van der Waals surface area contributed by atoms with Gasteiger partial charge >= 0.3 is 0 Å². The molecule has 2 atom stereocenters. The number of aromatic nitrogens is 2. The van der Waals surface area contributed by atoms with Crippen molar-refractivity contribution in [3.63, 3.8) is 0 Å². The number of ether oxygens (including phenoxy) is 1. The van der Waals surface area contributed by atoms with Crippen molar-refractivity contribution in [3.05, 3.63) is 83.3 Å². The highest BCUT2D eigenvalue weighted by Crippen LogP contribution is 2.31. The average molecular weight is 430 g/mol. The lowest BCUT2D eigenvalue weighted by molar-refractivity contribution is 0.401. The highest BCUT2D eigenvalue weighted by Gasteiger charge is 2.27. The second kappa shape index (κ2) is 10.7. The number of methoxy groups -OCH3 is 1. The molecule has 164 valence electrons. The number of hydrazine groups is 1. The number of hydrogen-bond acceptors (Lipinski definition) is 8. The van der Waals surface area contributed by atoms with Gasteiger partial charge in [0.05, 0.1) is 31.7 Å². The van der Waals surface area contributed by atoms with Crippen molar-refractivity contribution >= 4 is 5.82 Å². The van der Waals surface area contributed by atoms with Crippen molar-refractivity contribution in [1.29, 1.82) is 5.26 Å². The quantitative estimate of drug-likeness (QED) is 0.385. The van der Waals surface area contributed by atoms with Crippen LogP contribution in [0.25, 0.3) is 0 Å². The van der Waals surface area contributed by atoms with Gasteiger partial charge in [-0.2, -0.15) is 5.26 Å². The van der Waals surface area contributed by atoms with Crippen LogP contribution in [0, 0.1) is 11.3 Å². The number of nitrogens with one attached hydrogen (secondary N) is 4. The maximum atomic E-state index is 8.84. The molecule has 0 amide bonds. The van der Waals surface area contributed by atoms with Gasteiger partial charge < -0.3 is 15.4 Å². The summed E-state index contributed by atoms with van der Waals surface area (Å²) in [6.07, 6.45) is 4.74. The molecule has 1 fully saturated rings. The van der Waals surface area contributed by atoms with Crippen LogP contribution in [0.4, 0.5) is 5.82 Å². The standard InChI is InChI=1S/C24H27N7O/c1-32-22-11-17(9-10-26-14-18-5-3-2-4-6-18)7-8-20(22)21-12-23(31-30-21)29-24-16-27-19(13-25)15-28-24/h2-8,11,15-16,21,23,26,30-31H,9-10,12,14H2,1H3,(H,28,29). The molecule has 0 aliphatic carbocycles. The molecule has 3 aromatic rings. The molecule has 0 bridgehead atoms. The smallest absolute Gasteiger partial charge is 0.158 e. The van der Waals surface area contributed by atoms with Gasteiger partial charge in [0.2, 0.25) is 0 Å². The first-order chi connectivity index (χ1) is 15.7. The van der Waals surface area contributed by atoms with Crippen LogP contribution in [-0.4, -0.2) is 29.8 Å². The van der Waals surface area contributed by atoms with Gasteiger partial charge in [-0.25, -0.2) is 20.8 Å². The zero-order chi connectivity index (χ0) is 22.2. The van der Waals surface area contributed by atoms with Gasteiger partial charge in [-0.3, -0.25) is 0 Å². The van der Waals surface area contributed by atoms with Crippen LogP contribution < -0.4 is 26.2 Å². The molecule has 0 saturated carbocycles. The van der Waals surface area contributed by atoms with Crippen LogP contribution in [0.1, 0.15) is 34.8 Å². The summed E-state index contributed by atoms with van der Waals surface area (Å²) in [6.45, 7) is 1.77. The van der Waals surface area contributed by atoms with E-state index in [1.165, 1.54) is 17.3 Å². The maximum absolute atomic E-state index is 8.84. The lowest BCUT2D eigenvalue weighted by Gasteiger charge is -2.16. The van der Waals surface area contributed by atoms with Crippen LogP contribution in [0.2, 0.25) is 0 Å². The Hall–Kier alpha value is -3.51. The van der Waals surface area contributed by atoms with Crippen LogP contribution in [-0.2, 0) is 13.0 Å². The molecule has 1 saturated heterocycles. The van der Waals surface area contributed by atoms with Gasteiger partial charge in [0.1, 0.15) is 17.6 Å². The molecule has 0 spiro atoms. The minimum Gasteiger partial charge on any atom is -0.496 e. The van der Waals surface area contributed by atoms with Crippen molar-refractivity contribution in [1.82, 2.24) is 26.1 Å². The highest BCUT2D eigenvalue weighted by atomic mass is 16.5. The Bertz CT molecular complexity index is 1050. The summed E-state index contributed by atoms with van der Waals surface area (Å²) in [6, 6.07) is 18.9. The molecule has 1 aliphatic rings. The summed E-state index contributed by atoms with van der Waals surface area (Å²) < 4.78 is 5.69.